The molecule has 2 rings (SSSR count). The highest BCUT2D eigenvalue weighted by molar-refractivity contribution is 7.80. The molecule has 0 fully saturated rings. The topological polar surface area (TPSA) is 79.5 Å². The first-order chi connectivity index (χ1) is 14.0. The van der Waals surface area contributed by atoms with E-state index in [0.29, 0.717) is 35.7 Å². The van der Waals surface area contributed by atoms with E-state index in [0.717, 1.165) is 12.8 Å². The molecule has 6 nitrogen and oxygen atoms in total. The molecule has 152 valence electrons. The summed E-state index contributed by atoms with van der Waals surface area (Å²) in [6.45, 7) is 6.62. The van der Waals surface area contributed by atoms with Gasteiger partial charge in [-0.1, -0.05) is 37.6 Å². The Morgan fingerprint density at radius 3 is 2.69 bits per heavy atom. The van der Waals surface area contributed by atoms with Crippen LogP contribution < -0.4 is 20.7 Å². The van der Waals surface area contributed by atoms with Gasteiger partial charge in [-0.05, 0) is 49.0 Å². The van der Waals surface area contributed by atoms with Gasteiger partial charge in [-0.25, -0.2) is 0 Å². The van der Waals surface area contributed by atoms with Crippen LogP contribution in [0.5, 0.6) is 5.75 Å². The minimum Gasteiger partial charge on any atom is -0.494 e. The molecule has 0 saturated carbocycles. The number of unbranched alkanes of at least 4 members (excludes halogenated alkanes) is 1. The quantitative estimate of drug-likeness (QED) is 0.331. The number of hydrogen-bond acceptors (Lipinski definition) is 4. The largest absolute Gasteiger partial charge is 0.494 e. The van der Waals surface area contributed by atoms with E-state index in [4.69, 9.17) is 17.0 Å². The molecule has 0 saturated heterocycles. The first-order valence-corrected chi connectivity index (χ1v) is 9.79. The fourth-order valence-electron chi connectivity index (χ4n) is 2.44. The molecule has 3 N–H and O–H groups in total. The molecule has 0 atom stereocenters. The number of para-hydroxylation sites is 1. The van der Waals surface area contributed by atoms with E-state index in [-0.39, 0.29) is 16.9 Å². The van der Waals surface area contributed by atoms with Crippen molar-refractivity contribution < 1.29 is 14.3 Å². The Morgan fingerprint density at radius 2 is 1.93 bits per heavy atom. The van der Waals surface area contributed by atoms with Gasteiger partial charge in [0.05, 0.1) is 17.9 Å². The molecule has 0 spiro atoms. The molecule has 0 unspecified atom stereocenters. The van der Waals surface area contributed by atoms with Crippen molar-refractivity contribution >= 4 is 34.8 Å². The number of ether oxygens (including phenoxy) is 1. The summed E-state index contributed by atoms with van der Waals surface area (Å²) in [4.78, 5) is 24.8. The summed E-state index contributed by atoms with van der Waals surface area (Å²) in [5.74, 6) is 0.00491. The first-order valence-electron chi connectivity index (χ1n) is 9.38. The Bertz CT molecular complexity index is 883. The second kappa shape index (κ2) is 11.6. The van der Waals surface area contributed by atoms with Gasteiger partial charge in [0.2, 0.25) is 0 Å². The Kier molecular flexibility index (Phi) is 8.85. The van der Waals surface area contributed by atoms with Crippen molar-refractivity contribution in [3.63, 3.8) is 0 Å². The lowest BCUT2D eigenvalue weighted by Gasteiger charge is -2.13. The zero-order chi connectivity index (χ0) is 21.1. The smallest absolute Gasteiger partial charge is 0.257 e. The normalized spacial score (nSPS) is 9.97. The fourth-order valence-corrected chi connectivity index (χ4v) is 2.64. The molecule has 2 aromatic carbocycles. The number of rotatable bonds is 9. The molecule has 0 heterocycles. The third-order valence-electron chi connectivity index (χ3n) is 3.92. The number of anilines is 1. The SMILES string of the molecule is C=CCNC(=O)c1ccccc1NC(=S)NC(=O)c1cccc(OCCCC)c1. The van der Waals surface area contributed by atoms with Gasteiger partial charge in [-0.15, -0.1) is 6.58 Å². The van der Waals surface area contributed by atoms with Gasteiger partial charge in [0.1, 0.15) is 5.75 Å². The van der Waals surface area contributed by atoms with Gasteiger partial charge in [-0.2, -0.15) is 0 Å². The molecule has 0 aliphatic heterocycles. The summed E-state index contributed by atoms with van der Waals surface area (Å²) < 4.78 is 5.63. The maximum atomic E-state index is 12.5. The molecule has 2 amide bonds. The molecular formula is C22H25N3O3S. The molecule has 29 heavy (non-hydrogen) atoms. The number of carbonyl (C=O) groups is 2. The molecule has 2 aromatic rings. The molecule has 7 heteroatoms. The summed E-state index contributed by atoms with van der Waals surface area (Å²) in [7, 11) is 0. The van der Waals surface area contributed by atoms with Crippen LogP contribution in [0.15, 0.2) is 61.2 Å². The molecule has 0 aromatic heterocycles. The summed E-state index contributed by atoms with van der Waals surface area (Å²) >= 11 is 5.24. The van der Waals surface area contributed by atoms with Crippen molar-refractivity contribution in [1.29, 1.82) is 0 Å². The molecule has 0 radical (unpaired) electrons. The van der Waals surface area contributed by atoms with Gasteiger partial charge in [0, 0.05) is 12.1 Å². The number of benzene rings is 2. The predicted octanol–water partition coefficient (Wildman–Crippen LogP) is 3.91. The van der Waals surface area contributed by atoms with E-state index in [2.05, 4.69) is 29.5 Å². The highest BCUT2D eigenvalue weighted by Crippen LogP contribution is 2.16. The zero-order valence-corrected chi connectivity index (χ0v) is 17.2. The number of hydrogen-bond donors (Lipinski definition) is 3. The van der Waals surface area contributed by atoms with E-state index in [1.807, 2.05) is 0 Å². The average molecular weight is 412 g/mol. The molecule has 0 bridgehead atoms. The number of nitrogens with one attached hydrogen (secondary N) is 3. The van der Waals surface area contributed by atoms with Crippen molar-refractivity contribution in [1.82, 2.24) is 10.6 Å². The minimum atomic E-state index is -0.364. The Balaban J connectivity index is 2.01. The second-order valence-corrected chi connectivity index (χ2v) is 6.59. The standard InChI is InChI=1S/C22H25N3O3S/c1-3-5-14-28-17-10-8-9-16(15-17)20(26)25-22(29)24-19-12-7-6-11-18(19)21(27)23-13-4-2/h4,6-12,15H,2-3,5,13-14H2,1H3,(H,23,27)(H2,24,25,26,29). The fraction of sp³-hybridized carbons (Fsp3) is 0.227. The lowest BCUT2D eigenvalue weighted by Crippen LogP contribution is -2.35. The van der Waals surface area contributed by atoms with E-state index in [1.165, 1.54) is 0 Å². The summed E-state index contributed by atoms with van der Waals surface area (Å²) in [5, 5.41) is 8.34. The molecular weight excluding hydrogens is 386 g/mol. The molecule has 0 aliphatic rings. The Hall–Kier alpha value is -3.19. The van der Waals surface area contributed by atoms with Crippen LogP contribution in [0.1, 0.15) is 40.5 Å². The van der Waals surface area contributed by atoms with Crippen molar-refractivity contribution in [3.05, 3.63) is 72.3 Å². The minimum absolute atomic E-state index is 0.0938. The zero-order valence-electron chi connectivity index (χ0n) is 16.4. The van der Waals surface area contributed by atoms with Gasteiger partial charge >= 0.3 is 0 Å². The van der Waals surface area contributed by atoms with Crippen LogP contribution in [-0.2, 0) is 0 Å². The maximum Gasteiger partial charge on any atom is 0.257 e. The van der Waals surface area contributed by atoms with Crippen LogP contribution in [0.25, 0.3) is 0 Å². The number of amides is 2. The lowest BCUT2D eigenvalue weighted by molar-refractivity contribution is 0.0956. The lowest BCUT2D eigenvalue weighted by atomic mass is 10.1. The van der Waals surface area contributed by atoms with Gasteiger partial charge < -0.3 is 15.4 Å². The van der Waals surface area contributed by atoms with Crippen molar-refractivity contribution in [2.45, 2.75) is 19.8 Å². The summed E-state index contributed by atoms with van der Waals surface area (Å²) in [6.07, 6.45) is 3.58. The maximum absolute atomic E-state index is 12.5. The van der Waals surface area contributed by atoms with E-state index < -0.39 is 0 Å². The Morgan fingerprint density at radius 1 is 1.14 bits per heavy atom. The number of carbonyl (C=O) groups excluding carboxylic acids is 2. The van der Waals surface area contributed by atoms with Crippen LogP contribution in [0, 0.1) is 0 Å². The predicted molar refractivity (Wildman–Crippen MR) is 120 cm³/mol. The Labute approximate surface area is 176 Å². The third kappa shape index (κ3) is 7.04. The third-order valence-corrected chi connectivity index (χ3v) is 4.12. The summed E-state index contributed by atoms with van der Waals surface area (Å²) in [6, 6.07) is 13.8. The van der Waals surface area contributed by atoms with Crippen molar-refractivity contribution in [2.24, 2.45) is 0 Å². The van der Waals surface area contributed by atoms with Gasteiger partial charge in [0.15, 0.2) is 5.11 Å². The van der Waals surface area contributed by atoms with Crippen LogP contribution >= 0.6 is 12.2 Å². The highest BCUT2D eigenvalue weighted by atomic mass is 32.1. The van der Waals surface area contributed by atoms with Gasteiger partial charge in [-0.3, -0.25) is 14.9 Å². The van der Waals surface area contributed by atoms with Crippen LogP contribution in [-0.4, -0.2) is 30.1 Å². The monoisotopic (exact) mass is 411 g/mol. The van der Waals surface area contributed by atoms with Crippen LogP contribution in [0.3, 0.4) is 0 Å². The van der Waals surface area contributed by atoms with E-state index in [9.17, 15) is 9.59 Å². The average Bonchev–Trinajstić information content (AvgIpc) is 2.72. The second-order valence-electron chi connectivity index (χ2n) is 6.18. The van der Waals surface area contributed by atoms with E-state index in [1.54, 1.807) is 54.6 Å². The molecule has 0 aliphatic carbocycles. The van der Waals surface area contributed by atoms with Crippen molar-refractivity contribution in [3.8, 4) is 5.75 Å². The van der Waals surface area contributed by atoms with Gasteiger partial charge in [0.25, 0.3) is 11.8 Å². The van der Waals surface area contributed by atoms with Crippen LogP contribution in [0.4, 0.5) is 5.69 Å². The number of thiocarbonyl (C=S) groups is 1. The van der Waals surface area contributed by atoms with E-state index >= 15 is 0 Å². The van der Waals surface area contributed by atoms with Crippen molar-refractivity contribution in [2.75, 3.05) is 18.5 Å². The highest BCUT2D eigenvalue weighted by Gasteiger charge is 2.13. The first kappa shape index (κ1) is 22.1. The summed E-state index contributed by atoms with van der Waals surface area (Å²) in [5.41, 5.74) is 1.34. The van der Waals surface area contributed by atoms with Crippen LogP contribution in [0.2, 0.25) is 0 Å².